The summed E-state index contributed by atoms with van der Waals surface area (Å²) in [6.07, 6.45) is 8.50. The molecule has 7 N–H and O–H groups in total. The maximum absolute atomic E-state index is 15.0. The Morgan fingerprint density at radius 3 is 2.74 bits per heavy atom. The molecule has 0 radical (unpaired) electrons. The van der Waals surface area contributed by atoms with Crippen molar-refractivity contribution in [2.75, 3.05) is 44.2 Å². The number of halogens is 2. The number of hydrogen-bond donors (Lipinski definition) is 4. The molecule has 13 heteroatoms. The molecular weight excluding hydrogens is 496 g/mol. The molecule has 1 saturated heterocycles. The Kier molecular flexibility index (Phi) is 9.05. The third-order valence-corrected chi connectivity index (χ3v) is 6.37. The fraction of sp³-hybridized carbons (Fsp3) is 0.400. The van der Waals surface area contributed by atoms with Gasteiger partial charge in [0.25, 0.3) is 0 Å². The van der Waals surface area contributed by atoms with Gasteiger partial charge < -0.3 is 26.4 Å². The Labute approximate surface area is 219 Å². The summed E-state index contributed by atoms with van der Waals surface area (Å²) < 4.78 is 42.5. The predicted octanol–water partition coefficient (Wildman–Crippen LogP) is 2.54. The van der Waals surface area contributed by atoms with Crippen LogP contribution in [0.25, 0.3) is 11.1 Å². The lowest BCUT2D eigenvalue weighted by atomic mass is 10.1. The van der Waals surface area contributed by atoms with Gasteiger partial charge in [0.1, 0.15) is 5.82 Å². The van der Waals surface area contributed by atoms with Gasteiger partial charge >= 0.3 is 0 Å². The molecule has 11 nitrogen and oxygen atoms in total. The summed E-state index contributed by atoms with van der Waals surface area (Å²) in [4.78, 5) is 4.24. The fourth-order valence-electron chi connectivity index (χ4n) is 4.23. The Morgan fingerprint density at radius 2 is 2.00 bits per heavy atom. The maximum Gasteiger partial charge on any atom is 0.202 e. The number of nitrogens with zero attached hydrogens (tertiary/aromatic N) is 5. The lowest BCUT2D eigenvalue weighted by molar-refractivity contribution is 0.0662. The van der Waals surface area contributed by atoms with Crippen LogP contribution in [0.5, 0.6) is 5.75 Å². The molecule has 3 aromatic rings. The van der Waals surface area contributed by atoms with Gasteiger partial charge in [-0.05, 0) is 57.5 Å². The minimum atomic E-state index is -1.21. The van der Waals surface area contributed by atoms with E-state index in [1.165, 1.54) is 12.1 Å². The molecule has 1 aliphatic heterocycles. The van der Waals surface area contributed by atoms with Gasteiger partial charge in [-0.25, -0.2) is 15.2 Å². The van der Waals surface area contributed by atoms with Gasteiger partial charge in [0.15, 0.2) is 17.4 Å². The number of aromatic nitrogens is 3. The number of anilines is 2. The molecule has 0 unspecified atom stereocenters. The highest BCUT2D eigenvalue weighted by atomic mass is 19.2. The van der Waals surface area contributed by atoms with Crippen molar-refractivity contribution in [3.8, 4) is 16.9 Å². The van der Waals surface area contributed by atoms with Gasteiger partial charge in [0.2, 0.25) is 5.82 Å². The number of nitrogens with two attached hydrogens (primary N) is 3. The molecule has 0 atom stereocenters. The van der Waals surface area contributed by atoms with E-state index in [2.05, 4.69) is 20.5 Å². The van der Waals surface area contributed by atoms with E-state index in [-0.39, 0.29) is 41.3 Å². The number of hydrogen-bond acceptors (Lipinski definition) is 9. The molecule has 0 saturated carbocycles. The van der Waals surface area contributed by atoms with Crippen LogP contribution in [0.2, 0.25) is 0 Å². The molecule has 0 bridgehead atoms. The molecule has 3 heterocycles. The van der Waals surface area contributed by atoms with Crippen molar-refractivity contribution in [2.24, 2.45) is 16.8 Å². The van der Waals surface area contributed by atoms with Crippen molar-refractivity contribution in [2.45, 2.75) is 31.7 Å². The van der Waals surface area contributed by atoms with Gasteiger partial charge in [-0.3, -0.25) is 9.69 Å². The van der Waals surface area contributed by atoms with E-state index in [0.717, 1.165) is 36.4 Å². The number of hydrazine groups is 1. The Bertz CT molecular complexity index is 1260. The summed E-state index contributed by atoms with van der Waals surface area (Å²) in [7, 11) is 1.84. The van der Waals surface area contributed by atoms with Crippen LogP contribution >= 0.6 is 0 Å². The van der Waals surface area contributed by atoms with Crippen LogP contribution in [-0.2, 0) is 4.74 Å². The third kappa shape index (κ3) is 6.01. The Balaban J connectivity index is 1.55. The lowest BCUT2D eigenvalue weighted by Gasteiger charge is -2.22. The Morgan fingerprint density at radius 1 is 1.21 bits per heavy atom. The van der Waals surface area contributed by atoms with E-state index >= 15 is 4.39 Å². The zero-order valence-electron chi connectivity index (χ0n) is 21.2. The minimum absolute atomic E-state index is 0.0626. The second-order valence-electron chi connectivity index (χ2n) is 8.90. The summed E-state index contributed by atoms with van der Waals surface area (Å²) in [6, 6.07) is 4.52. The van der Waals surface area contributed by atoms with Crippen molar-refractivity contribution in [3.63, 3.8) is 0 Å². The number of amidine groups is 1. The van der Waals surface area contributed by atoms with Crippen LogP contribution in [-0.4, -0.2) is 54.0 Å². The van der Waals surface area contributed by atoms with E-state index in [0.29, 0.717) is 25.2 Å². The lowest BCUT2D eigenvalue weighted by Crippen LogP contribution is -2.40. The third-order valence-electron chi connectivity index (χ3n) is 6.37. The smallest absolute Gasteiger partial charge is 0.202 e. The Hall–Kier alpha value is -3.81. The first-order valence-electron chi connectivity index (χ1n) is 12.4. The summed E-state index contributed by atoms with van der Waals surface area (Å²) in [5.74, 6) is 9.19. The van der Waals surface area contributed by atoms with Crippen LogP contribution in [0.15, 0.2) is 41.9 Å². The molecule has 0 aliphatic carbocycles. The number of benzene rings is 1. The van der Waals surface area contributed by atoms with Gasteiger partial charge in [-0.2, -0.15) is 14.6 Å². The number of unbranched alkanes of at least 4 members (excludes halogenated alkanes) is 1. The highest BCUT2D eigenvalue weighted by molar-refractivity contribution is 6.12. The van der Waals surface area contributed by atoms with E-state index in [9.17, 15) is 4.39 Å². The topological polar surface area (TPSA) is 155 Å². The number of ether oxygens (including phenoxy) is 2. The number of hydrazone groups is 1. The number of pyridine rings is 1. The van der Waals surface area contributed by atoms with Crippen molar-refractivity contribution < 1.29 is 18.3 Å². The van der Waals surface area contributed by atoms with Gasteiger partial charge in [-0.1, -0.05) is 0 Å². The minimum Gasteiger partial charge on any atom is -0.490 e. The first kappa shape index (κ1) is 27.2. The quantitative estimate of drug-likeness (QED) is 0.102. The van der Waals surface area contributed by atoms with Crippen LogP contribution < -0.4 is 32.5 Å². The zero-order valence-corrected chi connectivity index (χ0v) is 21.2. The average Bonchev–Trinajstić information content (AvgIpc) is 3.43. The monoisotopic (exact) mass is 529 g/mol. The van der Waals surface area contributed by atoms with Crippen LogP contribution in [0.3, 0.4) is 0 Å². The van der Waals surface area contributed by atoms with Gasteiger partial charge in [0.05, 0.1) is 30.1 Å². The van der Waals surface area contributed by atoms with E-state index in [4.69, 9.17) is 26.9 Å². The fourth-order valence-corrected chi connectivity index (χ4v) is 4.23. The maximum atomic E-state index is 15.0. The summed E-state index contributed by atoms with van der Waals surface area (Å²) >= 11 is 0. The molecule has 1 fully saturated rings. The highest BCUT2D eigenvalue weighted by Crippen LogP contribution is 2.30. The summed E-state index contributed by atoms with van der Waals surface area (Å²) in [6.45, 7) is 2.44. The van der Waals surface area contributed by atoms with Crippen LogP contribution in [0, 0.1) is 11.6 Å². The predicted molar refractivity (Wildman–Crippen MR) is 141 cm³/mol. The van der Waals surface area contributed by atoms with Crippen LogP contribution in [0.4, 0.5) is 20.3 Å². The summed E-state index contributed by atoms with van der Waals surface area (Å²) in [5, 5.41) is 12.1. The molecule has 1 aromatic carbocycles. The van der Waals surface area contributed by atoms with E-state index < -0.39 is 11.6 Å². The molecule has 204 valence electrons. The van der Waals surface area contributed by atoms with Crippen molar-refractivity contribution in [1.29, 1.82) is 0 Å². The number of nitrogens with one attached hydrogen (secondary N) is 1. The number of nitrogen functional groups attached to an aromatic ring is 1. The first-order valence-corrected chi connectivity index (χ1v) is 12.4. The van der Waals surface area contributed by atoms with Crippen molar-refractivity contribution >= 4 is 17.3 Å². The van der Waals surface area contributed by atoms with Gasteiger partial charge in [0, 0.05) is 36.7 Å². The second-order valence-corrected chi connectivity index (χ2v) is 8.90. The molecule has 38 heavy (non-hydrogen) atoms. The first-order chi connectivity index (χ1) is 18.4. The van der Waals surface area contributed by atoms with E-state index in [1.807, 2.05) is 17.9 Å². The highest BCUT2D eigenvalue weighted by Gasteiger charge is 2.24. The van der Waals surface area contributed by atoms with Crippen molar-refractivity contribution in [3.05, 3.63) is 54.0 Å². The molecule has 0 amide bonds. The standard InChI is InChI=1S/C25H33F2N9O2/c1-31-8-2-3-9-38-21-5-4-20(22(26)23(21)27)36(30)25(34-29)19-12-16(13-32-24(19)28)17-14-33-35(15-17)18-6-10-37-11-7-18/h4-5,12-15,18,31H,2-3,6-11,29-30H2,1H3,(H2,28,32)/b34-25-. The van der Waals surface area contributed by atoms with E-state index in [1.54, 1.807) is 18.5 Å². The zero-order chi connectivity index (χ0) is 27.1. The molecule has 0 spiro atoms. The molecule has 1 aliphatic rings. The number of rotatable bonds is 10. The second kappa shape index (κ2) is 12.6. The largest absolute Gasteiger partial charge is 0.490 e. The van der Waals surface area contributed by atoms with Crippen LogP contribution in [0.1, 0.15) is 37.3 Å². The SMILES string of the molecule is CNCCCCOc1ccc(N(N)/C(=N\N)c2cc(-c3cnn(C4CCOCC4)c3)cnc2N)c(F)c1F. The van der Waals surface area contributed by atoms with Crippen molar-refractivity contribution in [1.82, 2.24) is 20.1 Å². The summed E-state index contributed by atoms with van der Waals surface area (Å²) in [5.41, 5.74) is 7.52. The molecule has 4 rings (SSSR count). The van der Waals surface area contributed by atoms with Gasteiger partial charge in [-0.15, -0.1) is 0 Å². The average molecular weight is 530 g/mol. The molecular formula is C25H33F2N9O2. The molecule has 2 aromatic heterocycles. The normalized spacial score (nSPS) is 14.6.